The predicted octanol–water partition coefficient (Wildman–Crippen LogP) is 7.93. The summed E-state index contributed by atoms with van der Waals surface area (Å²) in [5.41, 5.74) is 2.74. The Morgan fingerprint density at radius 2 is 1.25 bits per heavy atom. The largest absolute Gasteiger partial charge is 0.330 e. The summed E-state index contributed by atoms with van der Waals surface area (Å²) in [5, 5.41) is 1.34. The summed E-state index contributed by atoms with van der Waals surface area (Å²) in [6, 6.07) is 19.0. The Labute approximate surface area is 353 Å². The molecular formula is C41H36BrCl2F2N9O4. The molecule has 304 valence electrons. The van der Waals surface area contributed by atoms with Crippen molar-refractivity contribution in [3.8, 4) is 11.4 Å². The van der Waals surface area contributed by atoms with Crippen molar-refractivity contribution < 1.29 is 8.78 Å². The highest BCUT2D eigenvalue weighted by Crippen LogP contribution is 2.30. The number of imidazole rings is 1. The number of pyridine rings is 2. The molecule has 0 amide bonds. The van der Waals surface area contributed by atoms with E-state index in [2.05, 4.69) is 45.8 Å². The number of hydrogen-bond donors (Lipinski definition) is 2. The van der Waals surface area contributed by atoms with Crippen LogP contribution in [0, 0.1) is 11.6 Å². The highest BCUT2D eigenvalue weighted by Gasteiger charge is 2.26. The van der Waals surface area contributed by atoms with Gasteiger partial charge in [-0.05, 0) is 87.4 Å². The minimum atomic E-state index is -0.553. The molecule has 0 spiro atoms. The molecule has 0 unspecified atom stereocenters. The van der Waals surface area contributed by atoms with Crippen molar-refractivity contribution in [3.63, 3.8) is 0 Å². The summed E-state index contributed by atoms with van der Waals surface area (Å²) >= 11 is 15.6. The van der Waals surface area contributed by atoms with Gasteiger partial charge in [0.2, 0.25) is 0 Å². The van der Waals surface area contributed by atoms with Crippen LogP contribution in [-0.4, -0.2) is 44.3 Å². The van der Waals surface area contributed by atoms with Crippen LogP contribution in [0.1, 0.15) is 62.0 Å². The van der Waals surface area contributed by atoms with Crippen LogP contribution in [0.25, 0.3) is 22.6 Å². The average Bonchev–Trinajstić information content (AvgIpc) is 3.79. The third-order valence-electron chi connectivity index (χ3n) is 9.05. The van der Waals surface area contributed by atoms with Crippen molar-refractivity contribution in [1.29, 1.82) is 0 Å². The lowest BCUT2D eigenvalue weighted by molar-refractivity contribution is 0.565. The summed E-state index contributed by atoms with van der Waals surface area (Å²) < 4.78 is 30.1. The van der Waals surface area contributed by atoms with Crippen LogP contribution in [-0.2, 0) is 18.3 Å². The molecule has 1 aliphatic rings. The number of nitrogens with zero attached hydrogens (tertiary/aromatic N) is 7. The molecule has 7 aromatic rings. The third kappa shape index (κ3) is 9.40. The second-order valence-corrected chi connectivity index (χ2v) is 15.0. The van der Waals surface area contributed by atoms with Gasteiger partial charge in [0, 0.05) is 48.3 Å². The van der Waals surface area contributed by atoms with Gasteiger partial charge in [0.05, 0.1) is 16.8 Å². The minimum Gasteiger partial charge on any atom is -0.314 e. The van der Waals surface area contributed by atoms with E-state index in [0.29, 0.717) is 45.6 Å². The highest BCUT2D eigenvalue weighted by molar-refractivity contribution is 9.08. The number of benzene rings is 2. The maximum absolute atomic E-state index is 13.3. The molecule has 0 atom stereocenters. The summed E-state index contributed by atoms with van der Waals surface area (Å²) in [7, 11) is 0. The first-order valence-electron chi connectivity index (χ1n) is 18.1. The number of aromatic amines is 2. The lowest BCUT2D eigenvalue weighted by Crippen LogP contribution is -2.32. The number of rotatable bonds is 7. The fourth-order valence-corrected chi connectivity index (χ4v) is 7.12. The van der Waals surface area contributed by atoms with Gasteiger partial charge in [-0.2, -0.15) is 0 Å². The quantitative estimate of drug-likeness (QED) is 0.121. The molecule has 5 aromatic heterocycles. The van der Waals surface area contributed by atoms with Crippen LogP contribution in [0.5, 0.6) is 0 Å². The topological polar surface area (TPSA) is 166 Å². The Balaban J connectivity index is 0.000000169. The number of nitrogens with one attached hydrogen (secondary N) is 2. The Kier molecular flexibility index (Phi) is 13.3. The van der Waals surface area contributed by atoms with Gasteiger partial charge in [0.25, 0.3) is 11.1 Å². The van der Waals surface area contributed by atoms with Crippen LogP contribution in [0.4, 0.5) is 14.6 Å². The van der Waals surface area contributed by atoms with E-state index in [1.54, 1.807) is 65.5 Å². The third-order valence-corrected chi connectivity index (χ3v) is 10.3. The SMILES string of the molecule is CC(C)n1c(=O)[nH]c(=O)c2c1nc(-c1cccnc1Cl)n2Cc1ccc(F)cc1.CC(C)n1c2c(c(=O)[nH]c1=O)CC(c1cccnc1Cl)=N2.Fc1ccc(CBr)cc1. The fraction of sp³-hybridized carbons (Fsp3) is 0.220. The molecule has 13 nitrogen and oxygen atoms in total. The van der Waals surface area contributed by atoms with E-state index in [1.807, 2.05) is 27.7 Å². The second kappa shape index (κ2) is 18.4. The molecule has 1 aliphatic heterocycles. The number of fused-ring (bicyclic) bond motifs is 2. The summed E-state index contributed by atoms with van der Waals surface area (Å²) in [5.74, 6) is 0.271. The fourth-order valence-electron chi connectivity index (χ4n) is 6.31. The number of H-pyrrole nitrogens is 2. The Hall–Kier alpha value is -5.84. The van der Waals surface area contributed by atoms with Gasteiger partial charge < -0.3 is 4.57 Å². The minimum absolute atomic E-state index is 0.101. The molecule has 59 heavy (non-hydrogen) atoms. The molecule has 0 saturated carbocycles. The number of halogens is 5. The number of aromatic nitrogens is 8. The van der Waals surface area contributed by atoms with Crippen LogP contribution >= 0.6 is 39.1 Å². The van der Waals surface area contributed by atoms with Crippen LogP contribution in [0.3, 0.4) is 0 Å². The van der Waals surface area contributed by atoms with Gasteiger partial charge in [-0.25, -0.2) is 38.3 Å². The molecule has 0 fully saturated rings. The van der Waals surface area contributed by atoms with Crippen molar-refractivity contribution in [1.82, 2.24) is 38.6 Å². The van der Waals surface area contributed by atoms with Gasteiger partial charge in [-0.3, -0.25) is 28.7 Å². The van der Waals surface area contributed by atoms with E-state index in [0.717, 1.165) is 16.5 Å². The Bertz CT molecular complexity index is 2920. The first kappa shape index (κ1) is 42.8. The van der Waals surface area contributed by atoms with E-state index in [1.165, 1.54) is 33.4 Å². The maximum atomic E-state index is 13.3. The smallest absolute Gasteiger partial charge is 0.314 e. The predicted molar refractivity (Wildman–Crippen MR) is 229 cm³/mol. The first-order valence-corrected chi connectivity index (χ1v) is 20.0. The zero-order chi connectivity index (χ0) is 42.5. The maximum Gasteiger partial charge on any atom is 0.330 e. The second-order valence-electron chi connectivity index (χ2n) is 13.7. The standard InChI is InChI=1S/C20H17ClFN5O2.C14H13ClN4O2.C7H6BrF/c1-11(2)27-18-15(19(28)25-20(27)29)26(10-12-5-7-13(22)8-6-12)17(24-18)14-4-3-9-23-16(14)21;1-7(2)19-12-9(13(20)18-14(19)21)6-10(17-12)8-4-3-5-16-11(8)15;8-5-6-1-3-7(9)4-2-6/h3-9,11H,10H2,1-2H3,(H,25,28,29);3-5,7H,6H2,1-2H3,(H,18,20,21);1-4H,5H2. The zero-order valence-corrected chi connectivity index (χ0v) is 35.1. The zero-order valence-electron chi connectivity index (χ0n) is 32.0. The van der Waals surface area contributed by atoms with E-state index in [4.69, 9.17) is 23.2 Å². The Morgan fingerprint density at radius 3 is 1.80 bits per heavy atom. The van der Waals surface area contributed by atoms with Crippen molar-refractivity contribution in [3.05, 3.63) is 171 Å². The number of aliphatic imine (C=N–C) groups is 1. The highest BCUT2D eigenvalue weighted by atomic mass is 79.9. The lowest BCUT2D eigenvalue weighted by atomic mass is 10.1. The van der Waals surface area contributed by atoms with Gasteiger partial charge in [-0.15, -0.1) is 0 Å². The summed E-state index contributed by atoms with van der Waals surface area (Å²) in [6.07, 6.45) is 3.48. The van der Waals surface area contributed by atoms with E-state index >= 15 is 0 Å². The summed E-state index contributed by atoms with van der Waals surface area (Å²) in [6.45, 7) is 7.62. The molecule has 2 aromatic carbocycles. The van der Waals surface area contributed by atoms with Gasteiger partial charge in [0.15, 0.2) is 11.2 Å². The number of alkyl halides is 1. The van der Waals surface area contributed by atoms with Crippen LogP contribution < -0.4 is 22.5 Å². The van der Waals surface area contributed by atoms with Crippen LogP contribution in [0.2, 0.25) is 10.3 Å². The average molecular weight is 908 g/mol. The molecule has 8 rings (SSSR count). The van der Waals surface area contributed by atoms with Gasteiger partial charge in [0.1, 0.15) is 33.6 Å². The van der Waals surface area contributed by atoms with E-state index in [9.17, 15) is 28.0 Å². The molecule has 0 saturated heterocycles. The molecule has 0 bridgehead atoms. The molecule has 6 heterocycles. The molecule has 0 radical (unpaired) electrons. The molecular weight excluding hydrogens is 871 g/mol. The van der Waals surface area contributed by atoms with E-state index < -0.39 is 22.5 Å². The molecule has 0 aliphatic carbocycles. The summed E-state index contributed by atoms with van der Waals surface area (Å²) in [4.78, 5) is 70.9. The lowest BCUT2D eigenvalue weighted by Gasteiger charge is -2.12. The van der Waals surface area contributed by atoms with Crippen molar-refractivity contribution in [2.45, 2.75) is 58.1 Å². The molecule has 18 heteroatoms. The first-order chi connectivity index (χ1) is 28.2. The monoisotopic (exact) mass is 905 g/mol. The van der Waals surface area contributed by atoms with Crippen molar-refractivity contribution in [2.75, 3.05) is 0 Å². The van der Waals surface area contributed by atoms with E-state index in [-0.39, 0.29) is 46.6 Å². The Morgan fingerprint density at radius 1 is 0.729 bits per heavy atom. The molecule has 2 N–H and O–H groups in total. The number of hydrogen-bond acceptors (Lipinski definition) is 8. The van der Waals surface area contributed by atoms with Crippen molar-refractivity contribution in [2.24, 2.45) is 4.99 Å². The van der Waals surface area contributed by atoms with Crippen molar-refractivity contribution >= 4 is 61.8 Å². The normalized spacial score (nSPS) is 11.9. The van der Waals surface area contributed by atoms with Crippen LogP contribution in [0.15, 0.2) is 109 Å². The van der Waals surface area contributed by atoms with Gasteiger partial charge in [-0.1, -0.05) is 63.4 Å². The van der Waals surface area contributed by atoms with Gasteiger partial charge >= 0.3 is 11.4 Å².